The lowest BCUT2D eigenvalue weighted by molar-refractivity contribution is -0.170. The first-order valence-corrected chi connectivity index (χ1v) is 8.14. The van der Waals surface area contributed by atoms with Crippen molar-refractivity contribution in [3.63, 3.8) is 0 Å². The highest BCUT2D eigenvalue weighted by Crippen LogP contribution is 2.30. The van der Waals surface area contributed by atoms with E-state index >= 15 is 0 Å². The number of aromatic nitrogens is 1. The van der Waals surface area contributed by atoms with Crippen molar-refractivity contribution in [3.05, 3.63) is 46.9 Å². The molecular weight excluding hydrogens is 401 g/mol. The van der Waals surface area contributed by atoms with Crippen LogP contribution in [-0.2, 0) is 4.79 Å². The summed E-state index contributed by atoms with van der Waals surface area (Å²) < 4.78 is 44.7. The minimum Gasteiger partial charge on any atom is -0.436 e. The maximum Gasteiger partial charge on any atom is 0.471 e. The second-order valence-corrected chi connectivity index (χ2v) is 6.14. The number of oxazole rings is 1. The summed E-state index contributed by atoms with van der Waals surface area (Å²) in [6, 6.07) is 11.6. The lowest BCUT2D eigenvalue weighted by atomic mass is 10.2. The molecule has 130 valence electrons. The van der Waals surface area contributed by atoms with Gasteiger partial charge in [0.1, 0.15) is 5.52 Å². The van der Waals surface area contributed by atoms with Crippen LogP contribution in [0, 0.1) is 0 Å². The quantitative estimate of drug-likeness (QED) is 0.595. The zero-order valence-electron chi connectivity index (χ0n) is 13.0. The number of amides is 1. The van der Waals surface area contributed by atoms with Crippen LogP contribution in [0.15, 0.2) is 51.4 Å². The normalized spacial score (nSPS) is 11.7. The van der Waals surface area contributed by atoms with Crippen LogP contribution >= 0.6 is 15.9 Å². The molecule has 1 aromatic heterocycles. The number of benzene rings is 2. The van der Waals surface area contributed by atoms with E-state index in [1.165, 1.54) is 25.1 Å². The van der Waals surface area contributed by atoms with Crippen LogP contribution in [0.3, 0.4) is 0 Å². The summed E-state index contributed by atoms with van der Waals surface area (Å²) in [6.07, 6.45) is -4.94. The fourth-order valence-electron chi connectivity index (χ4n) is 2.39. The van der Waals surface area contributed by atoms with E-state index in [-0.39, 0.29) is 12.2 Å². The number of halogens is 4. The Morgan fingerprint density at radius 1 is 1.20 bits per heavy atom. The van der Waals surface area contributed by atoms with Crippen LogP contribution in [0.5, 0.6) is 0 Å². The van der Waals surface area contributed by atoms with E-state index < -0.39 is 12.1 Å². The summed E-state index contributed by atoms with van der Waals surface area (Å²) in [5, 5.41) is 0. The van der Waals surface area contributed by atoms with Crippen LogP contribution in [0.1, 0.15) is 6.92 Å². The predicted molar refractivity (Wildman–Crippen MR) is 91.2 cm³/mol. The first-order chi connectivity index (χ1) is 11.8. The molecule has 0 saturated heterocycles. The summed E-state index contributed by atoms with van der Waals surface area (Å²) >= 11 is 3.34. The molecule has 25 heavy (non-hydrogen) atoms. The molecule has 0 bridgehead atoms. The van der Waals surface area contributed by atoms with Crippen LogP contribution in [0.2, 0.25) is 0 Å². The standard InChI is InChI=1S/C17H12BrF3N2O2/c1-2-23(16(24)17(19,20)21)12-7-8-13-14(9-12)25-15(22-13)10-3-5-11(18)6-4-10/h3-9H,2H2,1H3. The number of anilines is 1. The van der Waals surface area contributed by atoms with E-state index in [1.54, 1.807) is 12.1 Å². The van der Waals surface area contributed by atoms with Gasteiger partial charge >= 0.3 is 12.1 Å². The molecular formula is C17H12BrF3N2O2. The SMILES string of the molecule is CCN(C(=O)C(F)(F)F)c1ccc2nc(-c3ccc(Br)cc3)oc2c1. The second-order valence-electron chi connectivity index (χ2n) is 5.23. The fourth-order valence-corrected chi connectivity index (χ4v) is 2.66. The topological polar surface area (TPSA) is 46.3 Å². The molecule has 3 aromatic rings. The highest BCUT2D eigenvalue weighted by Gasteiger charge is 2.42. The third-order valence-electron chi connectivity index (χ3n) is 3.58. The van der Waals surface area contributed by atoms with Crippen LogP contribution in [-0.4, -0.2) is 23.6 Å². The van der Waals surface area contributed by atoms with E-state index in [0.717, 1.165) is 10.0 Å². The Kier molecular flexibility index (Phi) is 4.55. The van der Waals surface area contributed by atoms with Crippen molar-refractivity contribution in [1.29, 1.82) is 0 Å². The van der Waals surface area contributed by atoms with Crippen molar-refractivity contribution in [2.45, 2.75) is 13.1 Å². The van der Waals surface area contributed by atoms with Gasteiger partial charge in [0, 0.05) is 28.3 Å². The second kappa shape index (κ2) is 6.51. The van der Waals surface area contributed by atoms with Gasteiger partial charge in [0.15, 0.2) is 5.58 Å². The van der Waals surface area contributed by atoms with Crippen molar-refractivity contribution in [2.75, 3.05) is 11.4 Å². The monoisotopic (exact) mass is 412 g/mol. The van der Waals surface area contributed by atoms with E-state index in [2.05, 4.69) is 20.9 Å². The Bertz CT molecular complexity index is 920. The molecule has 0 unspecified atom stereocenters. The van der Waals surface area contributed by atoms with Gasteiger partial charge in [-0.05, 0) is 43.3 Å². The summed E-state index contributed by atoms with van der Waals surface area (Å²) in [5.74, 6) is -1.56. The van der Waals surface area contributed by atoms with Crippen LogP contribution < -0.4 is 4.90 Å². The Morgan fingerprint density at radius 3 is 2.48 bits per heavy atom. The van der Waals surface area contributed by atoms with Gasteiger partial charge in [-0.3, -0.25) is 4.79 Å². The average molecular weight is 413 g/mol. The molecule has 0 atom stereocenters. The smallest absolute Gasteiger partial charge is 0.436 e. The molecule has 0 aliphatic heterocycles. The summed E-state index contributed by atoms with van der Waals surface area (Å²) in [7, 11) is 0. The first kappa shape index (κ1) is 17.5. The van der Waals surface area contributed by atoms with Crippen LogP contribution in [0.25, 0.3) is 22.6 Å². The van der Waals surface area contributed by atoms with E-state index in [4.69, 9.17) is 4.42 Å². The first-order valence-electron chi connectivity index (χ1n) is 7.35. The molecule has 0 N–H and O–H groups in total. The van der Waals surface area contributed by atoms with Gasteiger partial charge in [-0.2, -0.15) is 13.2 Å². The lowest BCUT2D eigenvalue weighted by Gasteiger charge is -2.21. The molecule has 0 fully saturated rings. The Balaban J connectivity index is 2.00. The number of fused-ring (bicyclic) bond motifs is 1. The highest BCUT2D eigenvalue weighted by atomic mass is 79.9. The number of hydrogen-bond donors (Lipinski definition) is 0. The fraction of sp³-hybridized carbons (Fsp3) is 0.176. The molecule has 1 amide bonds. The third kappa shape index (κ3) is 3.53. The number of carbonyl (C=O) groups is 1. The van der Waals surface area contributed by atoms with E-state index in [0.29, 0.717) is 21.9 Å². The molecule has 3 rings (SSSR count). The highest BCUT2D eigenvalue weighted by molar-refractivity contribution is 9.10. The largest absolute Gasteiger partial charge is 0.471 e. The minimum atomic E-state index is -4.94. The molecule has 0 spiro atoms. The lowest BCUT2D eigenvalue weighted by Crippen LogP contribution is -2.41. The third-order valence-corrected chi connectivity index (χ3v) is 4.11. The van der Waals surface area contributed by atoms with Crippen molar-refractivity contribution in [3.8, 4) is 11.5 Å². The van der Waals surface area contributed by atoms with Crippen molar-refractivity contribution in [2.24, 2.45) is 0 Å². The van der Waals surface area contributed by atoms with Gasteiger partial charge in [-0.1, -0.05) is 15.9 Å². The maximum atomic E-state index is 12.7. The number of nitrogens with zero attached hydrogens (tertiary/aromatic N) is 2. The summed E-state index contributed by atoms with van der Waals surface area (Å²) in [6.45, 7) is 1.36. The number of carbonyl (C=O) groups excluding carboxylic acids is 1. The van der Waals surface area contributed by atoms with E-state index in [9.17, 15) is 18.0 Å². The Morgan fingerprint density at radius 2 is 1.88 bits per heavy atom. The molecule has 2 aromatic carbocycles. The van der Waals surface area contributed by atoms with Gasteiger partial charge in [0.25, 0.3) is 0 Å². The molecule has 0 aliphatic rings. The zero-order chi connectivity index (χ0) is 18.2. The zero-order valence-corrected chi connectivity index (χ0v) is 14.6. The molecule has 0 saturated carbocycles. The molecule has 0 aliphatic carbocycles. The molecule has 4 nitrogen and oxygen atoms in total. The predicted octanol–water partition coefficient (Wildman–Crippen LogP) is 5.17. The van der Waals surface area contributed by atoms with Crippen LogP contribution in [0.4, 0.5) is 18.9 Å². The summed E-state index contributed by atoms with van der Waals surface area (Å²) in [4.78, 5) is 16.5. The van der Waals surface area contributed by atoms with Gasteiger partial charge in [-0.25, -0.2) is 4.98 Å². The number of hydrogen-bond acceptors (Lipinski definition) is 3. The van der Waals surface area contributed by atoms with Crippen molar-refractivity contribution in [1.82, 2.24) is 4.98 Å². The average Bonchev–Trinajstić information content (AvgIpc) is 2.98. The number of alkyl halides is 3. The van der Waals surface area contributed by atoms with E-state index in [1.807, 2.05) is 12.1 Å². The Labute approximate surface area is 149 Å². The molecule has 8 heteroatoms. The Hall–Kier alpha value is -2.35. The van der Waals surface area contributed by atoms with Gasteiger partial charge in [-0.15, -0.1) is 0 Å². The minimum absolute atomic E-state index is 0.107. The van der Waals surface area contributed by atoms with Gasteiger partial charge in [0.05, 0.1) is 0 Å². The van der Waals surface area contributed by atoms with Gasteiger partial charge < -0.3 is 9.32 Å². The number of rotatable bonds is 3. The molecule has 1 heterocycles. The van der Waals surface area contributed by atoms with Gasteiger partial charge in [0.2, 0.25) is 5.89 Å². The van der Waals surface area contributed by atoms with Crippen molar-refractivity contribution >= 4 is 38.6 Å². The molecule has 0 radical (unpaired) electrons. The summed E-state index contributed by atoms with van der Waals surface area (Å²) in [5.41, 5.74) is 1.65. The van der Waals surface area contributed by atoms with Crippen molar-refractivity contribution < 1.29 is 22.4 Å². The maximum absolute atomic E-state index is 12.7.